The predicted molar refractivity (Wildman–Crippen MR) is 82.4 cm³/mol. The Labute approximate surface area is 122 Å². The molecule has 0 aliphatic carbocycles. The van der Waals surface area contributed by atoms with Crippen LogP contribution in [0.1, 0.15) is 24.5 Å². The molecule has 3 heteroatoms. The highest BCUT2D eigenvalue weighted by Crippen LogP contribution is 2.14. The maximum absolute atomic E-state index is 8.75. The van der Waals surface area contributed by atoms with Gasteiger partial charge in [-0.25, -0.2) is 0 Å². The van der Waals surface area contributed by atoms with Gasteiger partial charge >= 0.3 is 0 Å². The topological polar surface area (TPSA) is 26.7 Å². The van der Waals surface area contributed by atoms with Crippen molar-refractivity contribution in [2.45, 2.75) is 25.9 Å². The minimum atomic E-state index is 0.130. The van der Waals surface area contributed by atoms with Crippen LogP contribution in [0.2, 0.25) is 0 Å². The average Bonchev–Trinajstić information content (AvgIpc) is 2.43. The first kappa shape index (κ1) is 15.1. The van der Waals surface area contributed by atoms with Crippen molar-refractivity contribution in [3.05, 3.63) is 35.4 Å². The van der Waals surface area contributed by atoms with Crippen molar-refractivity contribution in [2.75, 3.05) is 33.3 Å². The summed E-state index contributed by atoms with van der Waals surface area (Å²) in [5.41, 5.74) is 2.36. The van der Waals surface area contributed by atoms with Gasteiger partial charge < -0.3 is 10.0 Å². The number of nitrogens with zero attached hydrogens (tertiary/aromatic N) is 2. The van der Waals surface area contributed by atoms with Crippen LogP contribution in [0.5, 0.6) is 0 Å². The summed E-state index contributed by atoms with van der Waals surface area (Å²) in [6.45, 7) is 6.81. The van der Waals surface area contributed by atoms with E-state index in [-0.39, 0.29) is 6.61 Å². The van der Waals surface area contributed by atoms with Gasteiger partial charge in [0.1, 0.15) is 0 Å². The standard InChI is InChI=1S/C17H24N2O/c1-15-13-18(2)9-10-19(15)14-17-8-5-7-16(12-17)6-3-4-11-20/h5,7-8,12,15,20H,4,9-11,13-14H2,1-2H3. The maximum Gasteiger partial charge on any atom is 0.0540 e. The van der Waals surface area contributed by atoms with Crippen molar-refractivity contribution in [2.24, 2.45) is 0 Å². The second-order valence-electron chi connectivity index (χ2n) is 5.56. The van der Waals surface area contributed by atoms with Gasteiger partial charge in [-0.2, -0.15) is 0 Å². The molecule has 20 heavy (non-hydrogen) atoms. The summed E-state index contributed by atoms with van der Waals surface area (Å²) in [5.74, 6) is 6.08. The van der Waals surface area contributed by atoms with Gasteiger partial charge in [-0.3, -0.25) is 4.90 Å². The molecule has 2 rings (SSSR count). The molecule has 0 bridgehead atoms. The maximum atomic E-state index is 8.75. The van der Waals surface area contributed by atoms with Crippen molar-refractivity contribution in [3.63, 3.8) is 0 Å². The monoisotopic (exact) mass is 272 g/mol. The Kier molecular flexibility index (Phi) is 5.60. The molecular formula is C17H24N2O. The third kappa shape index (κ3) is 4.35. The molecule has 0 amide bonds. The van der Waals surface area contributed by atoms with Crippen LogP contribution in [-0.4, -0.2) is 54.2 Å². The highest BCUT2D eigenvalue weighted by Gasteiger charge is 2.21. The zero-order valence-corrected chi connectivity index (χ0v) is 12.5. The number of aliphatic hydroxyl groups is 1. The first-order chi connectivity index (χ1) is 9.69. The lowest BCUT2D eigenvalue weighted by atomic mass is 10.1. The third-order valence-corrected chi connectivity index (χ3v) is 3.75. The van der Waals surface area contributed by atoms with E-state index in [0.717, 1.165) is 31.7 Å². The molecule has 1 aromatic rings. The molecule has 1 N–H and O–H groups in total. The number of hydrogen-bond acceptors (Lipinski definition) is 3. The van der Waals surface area contributed by atoms with Gasteiger partial charge in [-0.1, -0.05) is 24.0 Å². The molecule has 1 unspecified atom stereocenters. The Bertz CT molecular complexity index is 489. The van der Waals surface area contributed by atoms with Crippen LogP contribution in [-0.2, 0) is 6.54 Å². The van der Waals surface area contributed by atoms with Crippen molar-refractivity contribution in [1.29, 1.82) is 0 Å². The fourth-order valence-electron chi connectivity index (χ4n) is 2.61. The van der Waals surface area contributed by atoms with E-state index in [4.69, 9.17) is 5.11 Å². The summed E-state index contributed by atoms with van der Waals surface area (Å²) in [4.78, 5) is 4.91. The van der Waals surface area contributed by atoms with Crippen molar-refractivity contribution in [3.8, 4) is 11.8 Å². The third-order valence-electron chi connectivity index (χ3n) is 3.75. The zero-order chi connectivity index (χ0) is 14.4. The molecule has 1 aliphatic rings. The van der Waals surface area contributed by atoms with E-state index in [1.54, 1.807) is 0 Å². The normalized spacial score (nSPS) is 20.4. The minimum Gasteiger partial charge on any atom is -0.395 e. The number of aliphatic hydroxyl groups excluding tert-OH is 1. The Morgan fingerprint density at radius 1 is 1.35 bits per heavy atom. The Balaban J connectivity index is 1.99. The quantitative estimate of drug-likeness (QED) is 0.846. The Morgan fingerprint density at radius 2 is 2.20 bits per heavy atom. The van der Waals surface area contributed by atoms with Crippen LogP contribution in [0.3, 0.4) is 0 Å². The molecule has 0 saturated carbocycles. The molecule has 1 heterocycles. The van der Waals surface area contributed by atoms with Crippen LogP contribution in [0.4, 0.5) is 0 Å². The second kappa shape index (κ2) is 7.44. The predicted octanol–water partition coefficient (Wildman–Crippen LogP) is 1.56. The van der Waals surface area contributed by atoms with Crippen LogP contribution in [0, 0.1) is 11.8 Å². The summed E-state index contributed by atoms with van der Waals surface area (Å²) in [6, 6.07) is 9.02. The molecule has 1 aliphatic heterocycles. The molecule has 1 atom stereocenters. The van der Waals surface area contributed by atoms with E-state index in [0.29, 0.717) is 12.5 Å². The molecule has 0 spiro atoms. The fraction of sp³-hybridized carbons (Fsp3) is 0.529. The molecule has 1 fully saturated rings. The summed E-state index contributed by atoms with van der Waals surface area (Å²) in [5, 5.41) is 8.75. The van der Waals surface area contributed by atoms with E-state index in [2.05, 4.69) is 53.8 Å². The SMILES string of the molecule is CC1CN(C)CCN1Cc1cccc(C#CCCO)c1. The van der Waals surface area contributed by atoms with Crippen LogP contribution >= 0.6 is 0 Å². The lowest BCUT2D eigenvalue weighted by molar-refractivity contribution is 0.0938. The lowest BCUT2D eigenvalue weighted by Crippen LogP contribution is -2.49. The molecule has 0 radical (unpaired) electrons. The minimum absolute atomic E-state index is 0.130. The summed E-state index contributed by atoms with van der Waals surface area (Å²) >= 11 is 0. The Morgan fingerprint density at radius 3 is 2.95 bits per heavy atom. The van der Waals surface area contributed by atoms with Gasteiger partial charge in [0.25, 0.3) is 0 Å². The van der Waals surface area contributed by atoms with Gasteiger partial charge in [0.05, 0.1) is 6.61 Å². The van der Waals surface area contributed by atoms with E-state index in [1.807, 2.05) is 6.07 Å². The van der Waals surface area contributed by atoms with Gasteiger partial charge in [0.15, 0.2) is 0 Å². The lowest BCUT2D eigenvalue weighted by Gasteiger charge is -2.38. The van der Waals surface area contributed by atoms with Crippen molar-refractivity contribution in [1.82, 2.24) is 9.80 Å². The van der Waals surface area contributed by atoms with E-state index < -0.39 is 0 Å². The van der Waals surface area contributed by atoms with Gasteiger partial charge in [-0.15, -0.1) is 0 Å². The number of piperazine rings is 1. The first-order valence-electron chi connectivity index (χ1n) is 7.30. The average molecular weight is 272 g/mol. The summed E-state index contributed by atoms with van der Waals surface area (Å²) < 4.78 is 0. The number of likely N-dealkylation sites (N-methyl/N-ethyl adjacent to an activating group) is 1. The summed E-state index contributed by atoms with van der Waals surface area (Å²) in [6.07, 6.45) is 0.541. The van der Waals surface area contributed by atoms with Crippen molar-refractivity contribution < 1.29 is 5.11 Å². The molecular weight excluding hydrogens is 248 g/mol. The van der Waals surface area contributed by atoms with E-state index in [9.17, 15) is 0 Å². The molecule has 0 aromatic heterocycles. The number of benzene rings is 1. The summed E-state index contributed by atoms with van der Waals surface area (Å²) in [7, 11) is 2.19. The van der Waals surface area contributed by atoms with Gasteiger partial charge in [0.2, 0.25) is 0 Å². The number of rotatable bonds is 3. The van der Waals surface area contributed by atoms with Crippen LogP contribution < -0.4 is 0 Å². The zero-order valence-electron chi connectivity index (χ0n) is 12.5. The Hall–Kier alpha value is -1.34. The molecule has 1 aromatic carbocycles. The smallest absolute Gasteiger partial charge is 0.0540 e. The van der Waals surface area contributed by atoms with E-state index in [1.165, 1.54) is 5.56 Å². The molecule has 108 valence electrons. The van der Waals surface area contributed by atoms with Gasteiger partial charge in [-0.05, 0) is 31.7 Å². The first-order valence-corrected chi connectivity index (χ1v) is 7.30. The van der Waals surface area contributed by atoms with Crippen molar-refractivity contribution >= 4 is 0 Å². The fourth-order valence-corrected chi connectivity index (χ4v) is 2.61. The largest absolute Gasteiger partial charge is 0.395 e. The second-order valence-corrected chi connectivity index (χ2v) is 5.56. The highest BCUT2D eigenvalue weighted by atomic mass is 16.2. The van der Waals surface area contributed by atoms with E-state index >= 15 is 0 Å². The highest BCUT2D eigenvalue weighted by molar-refractivity contribution is 5.37. The molecule has 1 saturated heterocycles. The van der Waals surface area contributed by atoms with Crippen LogP contribution in [0.25, 0.3) is 0 Å². The number of hydrogen-bond donors (Lipinski definition) is 1. The van der Waals surface area contributed by atoms with Gasteiger partial charge in [0, 0.05) is 44.2 Å². The van der Waals surface area contributed by atoms with Crippen LogP contribution in [0.15, 0.2) is 24.3 Å². The molecule has 3 nitrogen and oxygen atoms in total.